The van der Waals surface area contributed by atoms with Crippen molar-refractivity contribution in [3.05, 3.63) is 66.5 Å². The van der Waals surface area contributed by atoms with E-state index in [4.69, 9.17) is 14.2 Å². The van der Waals surface area contributed by atoms with Crippen molar-refractivity contribution in [2.24, 2.45) is 0 Å². The number of amides is 1. The normalized spacial score (nSPS) is 11.4. The Bertz CT molecular complexity index is 983. The number of methoxy groups -OCH3 is 2. The minimum atomic E-state index is -1.03. The molecule has 0 aliphatic heterocycles. The van der Waals surface area contributed by atoms with Gasteiger partial charge in [-0.2, -0.15) is 5.10 Å². The molecule has 3 aromatic rings. The molecule has 0 aliphatic carbocycles. The monoisotopic (exact) mass is 395 g/mol. The molecule has 29 heavy (non-hydrogen) atoms. The van der Waals surface area contributed by atoms with E-state index in [1.165, 1.54) is 18.7 Å². The molecule has 8 nitrogen and oxygen atoms in total. The lowest BCUT2D eigenvalue weighted by Gasteiger charge is -2.13. The Morgan fingerprint density at radius 3 is 2.31 bits per heavy atom. The van der Waals surface area contributed by atoms with Gasteiger partial charge in [0.15, 0.2) is 11.9 Å². The van der Waals surface area contributed by atoms with Gasteiger partial charge in [0.1, 0.15) is 5.75 Å². The predicted octanol–water partition coefficient (Wildman–Crippen LogP) is 3.07. The summed E-state index contributed by atoms with van der Waals surface area (Å²) in [4.78, 5) is 24.9. The molecule has 0 radical (unpaired) electrons. The maximum absolute atomic E-state index is 12.5. The van der Waals surface area contributed by atoms with Crippen LogP contribution < -0.4 is 14.8 Å². The number of nitrogens with zero attached hydrogens (tertiary/aromatic N) is 2. The number of carbonyl (C=O) groups excluding carboxylic acids is 2. The average Bonchev–Trinajstić information content (AvgIpc) is 3.19. The highest BCUT2D eigenvalue weighted by Crippen LogP contribution is 2.21. The number of hydrogen-bond donors (Lipinski definition) is 1. The highest BCUT2D eigenvalue weighted by molar-refractivity contribution is 5.97. The molecule has 0 spiro atoms. The third-order valence-corrected chi connectivity index (χ3v) is 4.13. The number of aromatic nitrogens is 2. The first-order valence-electron chi connectivity index (χ1n) is 8.86. The van der Waals surface area contributed by atoms with Gasteiger partial charge in [-0.05, 0) is 43.3 Å². The second-order valence-corrected chi connectivity index (χ2v) is 6.09. The highest BCUT2D eigenvalue weighted by atomic mass is 16.6. The molecule has 2 aromatic carbocycles. The molecule has 1 atom stereocenters. The molecule has 1 amide bonds. The summed E-state index contributed by atoms with van der Waals surface area (Å²) in [6, 6.07) is 16.1. The first kappa shape index (κ1) is 19.9. The average molecular weight is 395 g/mol. The largest absolute Gasteiger partial charge is 0.497 e. The molecule has 150 valence electrons. The lowest BCUT2D eigenvalue weighted by atomic mass is 10.3. The van der Waals surface area contributed by atoms with Gasteiger partial charge in [0.2, 0.25) is 5.69 Å². The van der Waals surface area contributed by atoms with Gasteiger partial charge in [0.25, 0.3) is 5.91 Å². The molecule has 0 saturated carbocycles. The fraction of sp³-hybridized carbons (Fsp3) is 0.190. The van der Waals surface area contributed by atoms with Crippen molar-refractivity contribution in [2.45, 2.75) is 13.0 Å². The Hall–Kier alpha value is -3.81. The van der Waals surface area contributed by atoms with Crippen LogP contribution in [0.4, 0.5) is 5.69 Å². The standard InChI is InChI=1S/C21H21N3O5/c1-14(20(25)22-15-9-11-17(27-2)12-10-15)29-21(26)19-18(28-3)13-24(23-19)16-7-5-4-6-8-16/h4-14H,1-3H3,(H,22,25)/t14-/m1/s1. The predicted molar refractivity (Wildman–Crippen MR) is 107 cm³/mol. The number of anilines is 1. The third kappa shape index (κ3) is 4.73. The second-order valence-electron chi connectivity index (χ2n) is 6.09. The maximum atomic E-state index is 12.5. The van der Waals surface area contributed by atoms with Gasteiger partial charge in [-0.3, -0.25) is 4.79 Å². The summed E-state index contributed by atoms with van der Waals surface area (Å²) < 4.78 is 17.1. The number of benzene rings is 2. The third-order valence-electron chi connectivity index (χ3n) is 4.13. The van der Waals surface area contributed by atoms with Crippen molar-refractivity contribution in [1.82, 2.24) is 9.78 Å². The Balaban J connectivity index is 1.68. The van der Waals surface area contributed by atoms with E-state index in [-0.39, 0.29) is 11.4 Å². The zero-order valence-corrected chi connectivity index (χ0v) is 16.3. The summed E-state index contributed by atoms with van der Waals surface area (Å²) in [7, 11) is 2.99. The Labute approximate surface area is 168 Å². The van der Waals surface area contributed by atoms with Crippen LogP contribution in [0.25, 0.3) is 5.69 Å². The van der Waals surface area contributed by atoms with Crippen LogP contribution in [0.3, 0.4) is 0 Å². The van der Waals surface area contributed by atoms with Crippen LogP contribution in [-0.4, -0.2) is 42.0 Å². The van der Waals surface area contributed by atoms with Gasteiger partial charge in [-0.1, -0.05) is 18.2 Å². The number of carbonyl (C=O) groups is 2. The number of nitrogens with one attached hydrogen (secondary N) is 1. The van der Waals surface area contributed by atoms with Crippen LogP contribution in [0.15, 0.2) is 60.8 Å². The minimum Gasteiger partial charge on any atom is -0.497 e. The van der Waals surface area contributed by atoms with Crippen LogP contribution in [0, 0.1) is 0 Å². The fourth-order valence-electron chi connectivity index (χ4n) is 2.55. The van der Waals surface area contributed by atoms with E-state index in [0.29, 0.717) is 11.4 Å². The van der Waals surface area contributed by atoms with Gasteiger partial charge in [-0.15, -0.1) is 0 Å². The van der Waals surface area contributed by atoms with Crippen LogP contribution in [0.2, 0.25) is 0 Å². The molecule has 0 bridgehead atoms. The quantitative estimate of drug-likeness (QED) is 0.618. The second kappa shape index (κ2) is 8.92. The van der Waals surface area contributed by atoms with Crippen molar-refractivity contribution in [3.8, 4) is 17.2 Å². The molecule has 0 saturated heterocycles. The van der Waals surface area contributed by atoms with Crippen molar-refractivity contribution in [3.63, 3.8) is 0 Å². The molecule has 1 heterocycles. The van der Waals surface area contributed by atoms with Crippen LogP contribution >= 0.6 is 0 Å². The summed E-state index contributed by atoms with van der Waals surface area (Å²) in [5, 5.41) is 6.92. The van der Waals surface area contributed by atoms with E-state index in [2.05, 4.69) is 10.4 Å². The van der Waals surface area contributed by atoms with E-state index >= 15 is 0 Å². The van der Waals surface area contributed by atoms with E-state index < -0.39 is 18.0 Å². The molecular weight excluding hydrogens is 374 g/mol. The SMILES string of the molecule is COc1ccc(NC(=O)[C@@H](C)OC(=O)c2nn(-c3ccccc3)cc2OC)cc1. The first-order chi connectivity index (χ1) is 14.0. The first-order valence-corrected chi connectivity index (χ1v) is 8.86. The molecule has 1 aromatic heterocycles. The van der Waals surface area contributed by atoms with Gasteiger partial charge in [0, 0.05) is 5.69 Å². The number of hydrogen-bond acceptors (Lipinski definition) is 6. The van der Waals surface area contributed by atoms with Crippen LogP contribution in [0.5, 0.6) is 11.5 Å². The van der Waals surface area contributed by atoms with Gasteiger partial charge >= 0.3 is 5.97 Å². The summed E-state index contributed by atoms with van der Waals surface area (Å²) in [5.74, 6) is -0.302. The van der Waals surface area contributed by atoms with Gasteiger partial charge in [-0.25, -0.2) is 9.48 Å². The van der Waals surface area contributed by atoms with E-state index in [0.717, 1.165) is 5.69 Å². The Morgan fingerprint density at radius 1 is 1.00 bits per heavy atom. The number of rotatable bonds is 7. The van der Waals surface area contributed by atoms with E-state index in [1.54, 1.807) is 37.6 Å². The van der Waals surface area contributed by atoms with Crippen LogP contribution in [0.1, 0.15) is 17.4 Å². The summed E-state index contributed by atoms with van der Waals surface area (Å²) in [6.07, 6.45) is 0.546. The van der Waals surface area contributed by atoms with E-state index in [1.807, 2.05) is 30.3 Å². The topological polar surface area (TPSA) is 91.7 Å². The van der Waals surface area contributed by atoms with Gasteiger partial charge < -0.3 is 19.5 Å². The van der Waals surface area contributed by atoms with Crippen LogP contribution in [-0.2, 0) is 9.53 Å². The summed E-state index contributed by atoms with van der Waals surface area (Å²) >= 11 is 0. The lowest BCUT2D eigenvalue weighted by molar-refractivity contribution is -0.123. The van der Waals surface area contributed by atoms with Gasteiger partial charge in [0.05, 0.1) is 26.1 Å². The molecule has 3 rings (SSSR count). The van der Waals surface area contributed by atoms with E-state index in [9.17, 15) is 9.59 Å². The number of esters is 1. The molecule has 0 fully saturated rings. The zero-order valence-electron chi connectivity index (χ0n) is 16.3. The molecule has 8 heteroatoms. The molecular formula is C21H21N3O5. The molecule has 0 unspecified atom stereocenters. The van der Waals surface area contributed by atoms with Crippen molar-refractivity contribution < 1.29 is 23.8 Å². The highest BCUT2D eigenvalue weighted by Gasteiger charge is 2.25. The Morgan fingerprint density at radius 2 is 1.69 bits per heavy atom. The number of ether oxygens (including phenoxy) is 3. The fourth-order valence-corrected chi connectivity index (χ4v) is 2.55. The summed E-state index contributed by atoms with van der Waals surface area (Å²) in [5.41, 5.74) is 1.31. The smallest absolute Gasteiger partial charge is 0.363 e. The maximum Gasteiger partial charge on any atom is 0.363 e. The lowest BCUT2D eigenvalue weighted by Crippen LogP contribution is -2.30. The Kier molecular flexibility index (Phi) is 6.13. The van der Waals surface area contributed by atoms with Crippen molar-refractivity contribution >= 4 is 17.6 Å². The number of para-hydroxylation sites is 1. The molecule has 0 aliphatic rings. The van der Waals surface area contributed by atoms with Crippen molar-refractivity contribution in [2.75, 3.05) is 19.5 Å². The minimum absolute atomic E-state index is 0.0135. The zero-order chi connectivity index (χ0) is 20.8. The summed E-state index contributed by atoms with van der Waals surface area (Å²) in [6.45, 7) is 1.48. The molecule has 1 N–H and O–H groups in total. The van der Waals surface area contributed by atoms with Crippen molar-refractivity contribution in [1.29, 1.82) is 0 Å².